The van der Waals surface area contributed by atoms with Crippen molar-refractivity contribution < 1.29 is 9.53 Å². The first kappa shape index (κ1) is 15.1. The number of amides is 1. The summed E-state index contributed by atoms with van der Waals surface area (Å²) in [5.74, 6) is 0.720. The Bertz CT molecular complexity index is 564. The summed E-state index contributed by atoms with van der Waals surface area (Å²) < 4.78 is 5.38. The third kappa shape index (κ3) is 4.09. The summed E-state index contributed by atoms with van der Waals surface area (Å²) >= 11 is 0. The first-order valence-electron chi connectivity index (χ1n) is 7.33. The Kier molecular flexibility index (Phi) is 5.38. The summed E-state index contributed by atoms with van der Waals surface area (Å²) in [7, 11) is 0. The number of nitrogens with one attached hydrogen (secondary N) is 1. The molecule has 0 aliphatic rings. The van der Waals surface area contributed by atoms with Gasteiger partial charge in [-0.1, -0.05) is 37.3 Å². The largest absolute Gasteiger partial charge is 0.494 e. The van der Waals surface area contributed by atoms with Gasteiger partial charge in [0.05, 0.1) is 12.6 Å². The molecule has 2 aromatic rings. The molecule has 0 aliphatic carbocycles. The second kappa shape index (κ2) is 7.48. The summed E-state index contributed by atoms with van der Waals surface area (Å²) in [6.07, 6.45) is 0.854. The van der Waals surface area contributed by atoms with Crippen LogP contribution >= 0.6 is 0 Å². The lowest BCUT2D eigenvalue weighted by Crippen LogP contribution is -2.28. The number of carbonyl (C=O) groups is 1. The second-order valence-electron chi connectivity index (χ2n) is 4.80. The lowest BCUT2D eigenvalue weighted by Gasteiger charge is -2.17. The first-order valence-corrected chi connectivity index (χ1v) is 7.33. The van der Waals surface area contributed by atoms with Crippen molar-refractivity contribution in [3.8, 4) is 5.75 Å². The van der Waals surface area contributed by atoms with Crippen molar-refractivity contribution in [2.75, 3.05) is 6.61 Å². The van der Waals surface area contributed by atoms with E-state index in [1.54, 1.807) is 12.1 Å². The molecule has 0 saturated heterocycles. The number of rotatable bonds is 6. The molecule has 0 fully saturated rings. The Labute approximate surface area is 126 Å². The van der Waals surface area contributed by atoms with Crippen LogP contribution in [0.1, 0.15) is 42.2 Å². The van der Waals surface area contributed by atoms with Crippen molar-refractivity contribution in [3.05, 3.63) is 65.7 Å². The highest BCUT2D eigenvalue weighted by Gasteiger charge is 2.13. The fourth-order valence-corrected chi connectivity index (χ4v) is 2.22. The van der Waals surface area contributed by atoms with Gasteiger partial charge in [0.15, 0.2) is 0 Å². The lowest BCUT2D eigenvalue weighted by molar-refractivity contribution is 0.0935. The Hall–Kier alpha value is -2.29. The highest BCUT2D eigenvalue weighted by atomic mass is 16.5. The predicted octanol–water partition coefficient (Wildman–Crippen LogP) is 3.97. The third-order valence-electron chi connectivity index (χ3n) is 3.34. The van der Waals surface area contributed by atoms with Gasteiger partial charge in [-0.15, -0.1) is 0 Å². The molecule has 1 amide bonds. The summed E-state index contributed by atoms with van der Waals surface area (Å²) in [6, 6.07) is 17.3. The maximum Gasteiger partial charge on any atom is 0.251 e. The molecule has 1 N–H and O–H groups in total. The Balaban J connectivity index is 2.05. The Morgan fingerprint density at radius 1 is 1.05 bits per heavy atom. The minimum atomic E-state index is -0.0613. The number of carbonyl (C=O) groups excluding carboxylic acids is 1. The van der Waals surface area contributed by atoms with Crippen molar-refractivity contribution in [2.24, 2.45) is 0 Å². The topological polar surface area (TPSA) is 38.3 Å². The van der Waals surface area contributed by atoms with Gasteiger partial charge in [-0.25, -0.2) is 0 Å². The number of hydrogen-bond donors (Lipinski definition) is 1. The van der Waals surface area contributed by atoms with Gasteiger partial charge in [-0.3, -0.25) is 4.79 Å². The summed E-state index contributed by atoms with van der Waals surface area (Å²) in [5.41, 5.74) is 1.77. The Morgan fingerprint density at radius 2 is 1.71 bits per heavy atom. The van der Waals surface area contributed by atoms with Gasteiger partial charge in [-0.2, -0.15) is 0 Å². The molecule has 3 nitrogen and oxygen atoms in total. The van der Waals surface area contributed by atoms with E-state index in [0.717, 1.165) is 17.7 Å². The number of hydrogen-bond acceptors (Lipinski definition) is 2. The molecular weight excluding hydrogens is 262 g/mol. The van der Waals surface area contributed by atoms with Crippen LogP contribution in [0.4, 0.5) is 0 Å². The fraction of sp³-hybridized carbons (Fsp3) is 0.278. The van der Waals surface area contributed by atoms with Crippen molar-refractivity contribution in [3.63, 3.8) is 0 Å². The monoisotopic (exact) mass is 283 g/mol. The average Bonchev–Trinajstić information content (AvgIpc) is 2.54. The van der Waals surface area contributed by atoms with Crippen LogP contribution in [-0.2, 0) is 0 Å². The molecule has 1 atom stereocenters. The second-order valence-corrected chi connectivity index (χ2v) is 4.80. The smallest absolute Gasteiger partial charge is 0.251 e. The van der Waals surface area contributed by atoms with Crippen LogP contribution in [0.25, 0.3) is 0 Å². The summed E-state index contributed by atoms with van der Waals surface area (Å²) in [5, 5.41) is 3.07. The van der Waals surface area contributed by atoms with Gasteiger partial charge in [0.25, 0.3) is 5.91 Å². The van der Waals surface area contributed by atoms with E-state index in [4.69, 9.17) is 4.74 Å². The molecule has 110 valence electrons. The Morgan fingerprint density at radius 3 is 2.29 bits per heavy atom. The summed E-state index contributed by atoms with van der Waals surface area (Å²) in [6.45, 7) is 4.62. The molecular formula is C18H21NO2. The maximum absolute atomic E-state index is 12.3. The van der Waals surface area contributed by atoms with Crippen molar-refractivity contribution in [2.45, 2.75) is 26.3 Å². The van der Waals surface area contributed by atoms with Crippen LogP contribution in [0, 0.1) is 0 Å². The normalized spacial score (nSPS) is 11.7. The van der Waals surface area contributed by atoms with Crippen molar-refractivity contribution in [1.29, 1.82) is 0 Å². The quantitative estimate of drug-likeness (QED) is 0.871. The molecule has 2 aromatic carbocycles. The van der Waals surface area contributed by atoms with E-state index in [-0.39, 0.29) is 11.9 Å². The van der Waals surface area contributed by atoms with Crippen LogP contribution in [0.5, 0.6) is 5.75 Å². The van der Waals surface area contributed by atoms with Gasteiger partial charge in [0, 0.05) is 5.56 Å². The van der Waals surface area contributed by atoms with Gasteiger partial charge in [0.1, 0.15) is 5.75 Å². The molecule has 0 aromatic heterocycles. The van der Waals surface area contributed by atoms with E-state index in [1.807, 2.05) is 49.4 Å². The van der Waals surface area contributed by atoms with Crippen molar-refractivity contribution in [1.82, 2.24) is 5.32 Å². The molecule has 0 saturated carbocycles. The maximum atomic E-state index is 12.3. The zero-order valence-corrected chi connectivity index (χ0v) is 12.5. The highest BCUT2D eigenvalue weighted by Crippen LogP contribution is 2.18. The van der Waals surface area contributed by atoms with Gasteiger partial charge in [0.2, 0.25) is 0 Å². The zero-order chi connectivity index (χ0) is 15.1. The molecule has 0 spiro atoms. The van der Waals surface area contributed by atoms with Crippen LogP contribution in [0.2, 0.25) is 0 Å². The van der Waals surface area contributed by atoms with Crippen LogP contribution in [0.3, 0.4) is 0 Å². The number of ether oxygens (including phenoxy) is 1. The van der Waals surface area contributed by atoms with E-state index in [2.05, 4.69) is 12.2 Å². The van der Waals surface area contributed by atoms with E-state index in [1.165, 1.54) is 0 Å². The van der Waals surface area contributed by atoms with E-state index < -0.39 is 0 Å². The molecule has 3 heteroatoms. The van der Waals surface area contributed by atoms with E-state index in [9.17, 15) is 4.79 Å². The minimum absolute atomic E-state index is 0.0327. The standard InChI is InChI=1S/C18H21NO2/c1-3-17(14-8-6-5-7-9-14)19-18(20)15-10-12-16(13-11-15)21-4-2/h5-13,17H,3-4H2,1-2H3,(H,19,20)/t17-/m0/s1. The minimum Gasteiger partial charge on any atom is -0.494 e. The number of benzene rings is 2. The first-order chi connectivity index (χ1) is 10.2. The SMILES string of the molecule is CCOc1ccc(C(=O)N[C@@H](CC)c2ccccc2)cc1. The van der Waals surface area contributed by atoms with Crippen LogP contribution in [-0.4, -0.2) is 12.5 Å². The molecule has 21 heavy (non-hydrogen) atoms. The van der Waals surface area contributed by atoms with Crippen LogP contribution in [0.15, 0.2) is 54.6 Å². The fourth-order valence-electron chi connectivity index (χ4n) is 2.22. The van der Waals surface area contributed by atoms with E-state index in [0.29, 0.717) is 12.2 Å². The summed E-state index contributed by atoms with van der Waals surface area (Å²) in [4.78, 5) is 12.3. The highest BCUT2D eigenvalue weighted by molar-refractivity contribution is 5.94. The van der Waals surface area contributed by atoms with Crippen molar-refractivity contribution >= 4 is 5.91 Å². The molecule has 0 bridgehead atoms. The molecule has 2 rings (SSSR count). The van der Waals surface area contributed by atoms with E-state index >= 15 is 0 Å². The molecule has 0 heterocycles. The van der Waals surface area contributed by atoms with Gasteiger partial charge >= 0.3 is 0 Å². The lowest BCUT2D eigenvalue weighted by atomic mass is 10.0. The molecule has 0 unspecified atom stereocenters. The molecule has 0 radical (unpaired) electrons. The van der Waals surface area contributed by atoms with Gasteiger partial charge in [-0.05, 0) is 43.2 Å². The van der Waals surface area contributed by atoms with Crippen LogP contribution < -0.4 is 10.1 Å². The predicted molar refractivity (Wildman–Crippen MR) is 84.6 cm³/mol. The third-order valence-corrected chi connectivity index (χ3v) is 3.34. The molecule has 0 aliphatic heterocycles. The van der Waals surface area contributed by atoms with Gasteiger partial charge < -0.3 is 10.1 Å². The zero-order valence-electron chi connectivity index (χ0n) is 12.5. The average molecular weight is 283 g/mol.